The van der Waals surface area contributed by atoms with Gasteiger partial charge in [-0.1, -0.05) is 26.2 Å². The number of alkyl carbamates (subject to hydrolysis) is 1. The summed E-state index contributed by atoms with van der Waals surface area (Å²) in [7, 11) is 0. The molecule has 2 N–H and O–H groups in total. The third kappa shape index (κ3) is 8.24. The zero-order valence-corrected chi connectivity index (χ0v) is 10.0. The minimum absolute atomic E-state index is 0.0993. The molecule has 0 spiro atoms. The van der Waals surface area contributed by atoms with Crippen LogP contribution in [-0.4, -0.2) is 30.0 Å². The zero-order chi connectivity index (χ0) is 11.7. The highest BCUT2D eigenvalue weighted by Crippen LogP contribution is 2.02. The van der Waals surface area contributed by atoms with Crippen LogP contribution < -0.4 is 5.32 Å². The Hall–Kier alpha value is -0.770. The van der Waals surface area contributed by atoms with Crippen LogP contribution >= 0.6 is 0 Å². The van der Waals surface area contributed by atoms with Gasteiger partial charge in [-0.25, -0.2) is 4.79 Å². The van der Waals surface area contributed by atoms with Crippen LogP contribution in [0.1, 0.15) is 46.5 Å². The number of carbonyl (C=O) groups is 1. The van der Waals surface area contributed by atoms with Crippen molar-refractivity contribution in [3.63, 3.8) is 0 Å². The van der Waals surface area contributed by atoms with Crippen LogP contribution in [0.2, 0.25) is 0 Å². The number of nitrogens with one attached hydrogen (secondary N) is 1. The molecule has 15 heavy (non-hydrogen) atoms. The van der Waals surface area contributed by atoms with Crippen LogP contribution in [0.15, 0.2) is 0 Å². The fraction of sp³-hybridized carbons (Fsp3) is 0.909. The maximum atomic E-state index is 11.2. The molecule has 0 aromatic rings. The van der Waals surface area contributed by atoms with Crippen molar-refractivity contribution in [1.82, 2.24) is 5.32 Å². The number of unbranched alkanes of at least 4 members (excludes halogenated alkanes) is 3. The molecule has 0 aliphatic rings. The molecular weight excluding hydrogens is 194 g/mol. The molecule has 4 nitrogen and oxygen atoms in total. The monoisotopic (exact) mass is 217 g/mol. The van der Waals surface area contributed by atoms with Crippen molar-refractivity contribution in [1.29, 1.82) is 0 Å². The highest BCUT2D eigenvalue weighted by molar-refractivity contribution is 5.68. The summed E-state index contributed by atoms with van der Waals surface area (Å²) >= 11 is 0. The van der Waals surface area contributed by atoms with Gasteiger partial charge >= 0.3 is 6.09 Å². The predicted octanol–water partition coefficient (Wildman–Crippen LogP) is 2.06. The van der Waals surface area contributed by atoms with Gasteiger partial charge in [-0.15, -0.1) is 0 Å². The summed E-state index contributed by atoms with van der Waals surface area (Å²) in [5, 5.41) is 11.5. The van der Waals surface area contributed by atoms with Gasteiger partial charge in [-0.3, -0.25) is 0 Å². The molecule has 0 bridgehead atoms. The molecular formula is C11H23NO3. The van der Waals surface area contributed by atoms with Crippen molar-refractivity contribution in [2.75, 3.05) is 13.2 Å². The summed E-state index contributed by atoms with van der Waals surface area (Å²) < 4.78 is 4.97. The molecule has 0 saturated carbocycles. The van der Waals surface area contributed by atoms with E-state index < -0.39 is 11.6 Å². The normalized spacial score (nSPS) is 11.2. The predicted molar refractivity (Wildman–Crippen MR) is 59.8 cm³/mol. The average molecular weight is 217 g/mol. The molecule has 0 fully saturated rings. The van der Waals surface area contributed by atoms with Gasteiger partial charge in [0.1, 0.15) is 0 Å². The topological polar surface area (TPSA) is 58.6 Å². The van der Waals surface area contributed by atoms with E-state index in [0.717, 1.165) is 12.8 Å². The molecule has 0 aromatic heterocycles. The summed E-state index contributed by atoms with van der Waals surface area (Å²) in [5.74, 6) is 0. The lowest BCUT2D eigenvalue weighted by atomic mass is 10.1. The minimum atomic E-state index is -0.611. The number of hydrogen-bond acceptors (Lipinski definition) is 3. The van der Waals surface area contributed by atoms with E-state index in [1.807, 2.05) is 0 Å². The lowest BCUT2D eigenvalue weighted by Gasteiger charge is -2.22. The molecule has 0 aromatic carbocycles. The second-order valence-electron chi connectivity index (χ2n) is 4.36. The van der Waals surface area contributed by atoms with Crippen molar-refractivity contribution < 1.29 is 14.6 Å². The summed E-state index contributed by atoms with van der Waals surface area (Å²) in [6.45, 7) is 5.97. The first-order valence-corrected chi connectivity index (χ1v) is 5.57. The highest BCUT2D eigenvalue weighted by atomic mass is 16.5. The van der Waals surface area contributed by atoms with Gasteiger partial charge in [0.25, 0.3) is 0 Å². The molecule has 0 aliphatic heterocycles. The highest BCUT2D eigenvalue weighted by Gasteiger charge is 2.19. The quantitative estimate of drug-likeness (QED) is 0.642. The number of rotatable bonds is 7. The lowest BCUT2D eigenvalue weighted by molar-refractivity contribution is 0.119. The van der Waals surface area contributed by atoms with E-state index in [0.29, 0.717) is 6.61 Å². The fourth-order valence-electron chi connectivity index (χ4n) is 1.05. The van der Waals surface area contributed by atoms with E-state index >= 15 is 0 Å². The van der Waals surface area contributed by atoms with Crippen LogP contribution in [0.3, 0.4) is 0 Å². The summed E-state index contributed by atoms with van der Waals surface area (Å²) in [4.78, 5) is 11.2. The smallest absolute Gasteiger partial charge is 0.407 e. The molecule has 4 heteroatoms. The van der Waals surface area contributed by atoms with E-state index in [9.17, 15) is 4.79 Å². The van der Waals surface area contributed by atoms with Crippen molar-refractivity contribution in [2.45, 2.75) is 52.0 Å². The first-order valence-electron chi connectivity index (χ1n) is 5.57. The molecule has 0 heterocycles. The van der Waals surface area contributed by atoms with Crippen LogP contribution in [0.25, 0.3) is 0 Å². The van der Waals surface area contributed by atoms with Crippen molar-refractivity contribution in [2.24, 2.45) is 0 Å². The first-order chi connectivity index (χ1) is 7.02. The Morgan fingerprint density at radius 1 is 1.33 bits per heavy atom. The SMILES string of the molecule is CCCCCCOC(=O)NC(C)(C)CO. The number of ether oxygens (including phenoxy) is 1. The Bertz CT molecular complexity index is 181. The molecule has 0 aliphatic carbocycles. The second-order valence-corrected chi connectivity index (χ2v) is 4.36. The van der Waals surface area contributed by atoms with Gasteiger partial charge in [0.05, 0.1) is 18.8 Å². The van der Waals surface area contributed by atoms with Crippen molar-refractivity contribution in [3.8, 4) is 0 Å². The zero-order valence-electron chi connectivity index (χ0n) is 10.0. The van der Waals surface area contributed by atoms with E-state index in [1.54, 1.807) is 13.8 Å². The van der Waals surface area contributed by atoms with Crippen molar-refractivity contribution >= 4 is 6.09 Å². The summed E-state index contributed by atoms with van der Waals surface area (Å²) in [6.07, 6.45) is 3.88. The van der Waals surface area contributed by atoms with Crippen molar-refractivity contribution in [3.05, 3.63) is 0 Å². The van der Waals surface area contributed by atoms with E-state index in [4.69, 9.17) is 9.84 Å². The Morgan fingerprint density at radius 2 is 2.00 bits per heavy atom. The number of hydrogen-bond donors (Lipinski definition) is 2. The van der Waals surface area contributed by atoms with E-state index in [2.05, 4.69) is 12.2 Å². The first kappa shape index (κ1) is 14.2. The molecule has 0 unspecified atom stereocenters. The Morgan fingerprint density at radius 3 is 2.53 bits per heavy atom. The fourth-order valence-corrected chi connectivity index (χ4v) is 1.05. The van der Waals surface area contributed by atoms with Gasteiger partial charge in [-0.05, 0) is 20.3 Å². The molecule has 90 valence electrons. The molecule has 0 saturated heterocycles. The van der Waals surface area contributed by atoms with Crippen LogP contribution in [0, 0.1) is 0 Å². The van der Waals surface area contributed by atoms with Crippen LogP contribution in [-0.2, 0) is 4.74 Å². The van der Waals surface area contributed by atoms with Gasteiger partial charge in [0.15, 0.2) is 0 Å². The average Bonchev–Trinajstić information content (AvgIpc) is 2.17. The van der Waals surface area contributed by atoms with E-state index in [1.165, 1.54) is 12.8 Å². The number of aliphatic hydroxyl groups is 1. The third-order valence-electron chi connectivity index (χ3n) is 2.07. The van der Waals surface area contributed by atoms with E-state index in [-0.39, 0.29) is 6.61 Å². The number of carbonyl (C=O) groups excluding carboxylic acids is 1. The Balaban J connectivity index is 3.49. The summed E-state index contributed by atoms with van der Waals surface area (Å²) in [6, 6.07) is 0. The molecule has 1 amide bonds. The molecule has 0 atom stereocenters. The van der Waals surface area contributed by atoms with Gasteiger partial charge in [-0.2, -0.15) is 0 Å². The van der Waals surface area contributed by atoms with Crippen LogP contribution in [0.5, 0.6) is 0 Å². The standard InChI is InChI=1S/C11H23NO3/c1-4-5-6-7-8-15-10(14)12-11(2,3)9-13/h13H,4-9H2,1-3H3,(H,12,14). The maximum absolute atomic E-state index is 11.2. The van der Waals surface area contributed by atoms with Gasteiger partial charge < -0.3 is 15.2 Å². The lowest BCUT2D eigenvalue weighted by Crippen LogP contribution is -2.46. The largest absolute Gasteiger partial charge is 0.450 e. The molecule has 0 rings (SSSR count). The number of amides is 1. The third-order valence-corrected chi connectivity index (χ3v) is 2.07. The summed E-state index contributed by atoms with van der Waals surface area (Å²) in [5.41, 5.74) is -0.611. The number of aliphatic hydroxyl groups excluding tert-OH is 1. The van der Waals surface area contributed by atoms with Crippen LogP contribution in [0.4, 0.5) is 4.79 Å². The minimum Gasteiger partial charge on any atom is -0.450 e. The second kappa shape index (κ2) is 7.51. The Labute approximate surface area is 92.0 Å². The Kier molecular flexibility index (Phi) is 7.13. The van der Waals surface area contributed by atoms with Gasteiger partial charge in [0.2, 0.25) is 0 Å². The van der Waals surface area contributed by atoms with Gasteiger partial charge in [0, 0.05) is 0 Å². The molecule has 0 radical (unpaired) electrons. The maximum Gasteiger partial charge on any atom is 0.407 e.